The number of aliphatic carboxylic acids is 2. The number of rotatable bonds is 5. The number of hydrogen-bond donors (Lipinski definition) is 2. The molecule has 5 aromatic rings. The van der Waals surface area contributed by atoms with Gasteiger partial charge in [-0.2, -0.15) is 0 Å². The number of carboxylic acids is 2. The molecule has 10 heteroatoms. The van der Waals surface area contributed by atoms with E-state index in [4.69, 9.17) is 24.1 Å². The summed E-state index contributed by atoms with van der Waals surface area (Å²) in [6.45, 7) is 2.35. The van der Waals surface area contributed by atoms with Gasteiger partial charge < -0.3 is 29.0 Å². The van der Waals surface area contributed by atoms with Crippen LogP contribution in [0.1, 0.15) is 24.0 Å². The second-order valence-electron chi connectivity index (χ2n) is 11.4. The van der Waals surface area contributed by atoms with Gasteiger partial charge in [0.1, 0.15) is 0 Å². The summed E-state index contributed by atoms with van der Waals surface area (Å²) in [4.78, 5) is 36.9. The SMILES string of the molecule is CN1CCC(=C2c3ccccc3Sc3ccccc32)CC1.COc1c(-c2ccccc2)oc2c(OC)cccc2c1=O.O=C(O)C=CC(=O)O. The van der Waals surface area contributed by atoms with Crippen LogP contribution in [-0.2, 0) is 9.59 Å². The number of carbonyl (C=O) groups is 2. The fourth-order valence-electron chi connectivity index (χ4n) is 5.75. The van der Waals surface area contributed by atoms with Crippen LogP contribution in [-0.4, -0.2) is 61.4 Å². The Labute approximate surface area is 294 Å². The molecule has 1 aromatic heterocycles. The molecule has 0 radical (unpaired) electrons. The highest BCUT2D eigenvalue weighted by molar-refractivity contribution is 7.99. The predicted molar refractivity (Wildman–Crippen MR) is 195 cm³/mol. The van der Waals surface area contributed by atoms with Gasteiger partial charge in [0.25, 0.3) is 0 Å². The Bertz CT molecular complexity index is 2050. The molecular weight excluding hydrogens is 655 g/mol. The van der Waals surface area contributed by atoms with Crippen LogP contribution in [0.5, 0.6) is 11.5 Å². The molecule has 1 fully saturated rings. The molecule has 0 atom stereocenters. The molecule has 9 nitrogen and oxygen atoms in total. The number of fused-ring (bicyclic) bond motifs is 3. The Morgan fingerprint density at radius 2 is 1.32 bits per heavy atom. The molecule has 2 aliphatic rings. The summed E-state index contributed by atoms with van der Waals surface area (Å²) >= 11 is 1.91. The van der Waals surface area contributed by atoms with Gasteiger partial charge in [0, 0.05) is 40.6 Å². The molecule has 0 spiro atoms. The van der Waals surface area contributed by atoms with Crippen molar-refractivity contribution in [1.29, 1.82) is 0 Å². The van der Waals surface area contributed by atoms with Crippen LogP contribution >= 0.6 is 11.8 Å². The van der Waals surface area contributed by atoms with Gasteiger partial charge in [0.15, 0.2) is 17.1 Å². The summed E-state index contributed by atoms with van der Waals surface area (Å²) in [6.07, 6.45) is 3.50. The van der Waals surface area contributed by atoms with Gasteiger partial charge in [-0.05, 0) is 60.9 Å². The van der Waals surface area contributed by atoms with Crippen molar-refractivity contribution in [2.24, 2.45) is 0 Å². The van der Waals surface area contributed by atoms with Gasteiger partial charge in [-0.15, -0.1) is 0 Å². The minimum absolute atomic E-state index is 0.196. The molecule has 0 amide bonds. The van der Waals surface area contributed by atoms with Gasteiger partial charge in [-0.1, -0.05) is 90.1 Å². The maximum absolute atomic E-state index is 12.6. The zero-order valence-electron chi connectivity index (χ0n) is 27.9. The smallest absolute Gasteiger partial charge is 0.328 e. The number of piperidine rings is 1. The highest BCUT2D eigenvalue weighted by Crippen LogP contribution is 2.47. The number of nitrogens with zero attached hydrogens (tertiary/aromatic N) is 1. The van der Waals surface area contributed by atoms with E-state index in [0.29, 0.717) is 34.6 Å². The van der Waals surface area contributed by atoms with Crippen molar-refractivity contribution in [2.45, 2.75) is 22.6 Å². The average Bonchev–Trinajstić information content (AvgIpc) is 3.14. The summed E-state index contributed by atoms with van der Waals surface area (Å²) in [6, 6.07) is 32.3. The largest absolute Gasteiger partial charge is 0.493 e. The Kier molecular flexibility index (Phi) is 11.9. The Morgan fingerprint density at radius 3 is 1.86 bits per heavy atom. The molecule has 2 N–H and O–H groups in total. The highest BCUT2D eigenvalue weighted by Gasteiger charge is 2.24. The first-order valence-corrected chi connectivity index (χ1v) is 16.7. The number of para-hydroxylation sites is 1. The van der Waals surface area contributed by atoms with E-state index in [1.54, 1.807) is 30.9 Å². The first-order chi connectivity index (χ1) is 24.2. The van der Waals surface area contributed by atoms with E-state index in [9.17, 15) is 14.4 Å². The lowest BCUT2D eigenvalue weighted by atomic mass is 9.88. The van der Waals surface area contributed by atoms with Gasteiger partial charge in [0.2, 0.25) is 11.2 Å². The highest BCUT2D eigenvalue weighted by atomic mass is 32.2. The lowest BCUT2D eigenvalue weighted by molar-refractivity contribution is -0.134. The van der Waals surface area contributed by atoms with Crippen LogP contribution in [0.25, 0.3) is 27.9 Å². The Balaban J connectivity index is 0.000000161. The number of methoxy groups -OCH3 is 2. The van der Waals surface area contributed by atoms with Crippen LogP contribution in [0, 0.1) is 0 Å². The van der Waals surface area contributed by atoms with Gasteiger partial charge >= 0.3 is 11.9 Å². The standard InChI is InChI=1S/C19H19NS.C17H14O4.C4H4O4/c1-20-12-10-14(11-13-20)19-15-6-2-4-8-17(15)21-18-9-5-3-7-16(18)19;1-19-13-10-6-9-12-14(18)17(20-2)15(21-16(12)13)11-7-4-3-5-8-11;5-3(6)1-2-4(7)8/h2-9H,10-13H2,1H3;3-10H,1-2H3;1-2H,(H,5,6)(H,7,8). The quantitative estimate of drug-likeness (QED) is 0.173. The lowest BCUT2D eigenvalue weighted by Crippen LogP contribution is -2.27. The van der Waals surface area contributed by atoms with Crippen LogP contribution in [0.15, 0.2) is 134 Å². The second kappa shape index (κ2) is 16.7. The molecule has 2 aliphatic heterocycles. The van der Waals surface area contributed by atoms with E-state index < -0.39 is 11.9 Å². The van der Waals surface area contributed by atoms with Crippen molar-refractivity contribution in [1.82, 2.24) is 4.90 Å². The summed E-state index contributed by atoms with van der Waals surface area (Å²) in [7, 11) is 5.23. The van der Waals surface area contributed by atoms with Gasteiger partial charge in [-0.25, -0.2) is 9.59 Å². The van der Waals surface area contributed by atoms with Crippen LogP contribution in [0.4, 0.5) is 0 Å². The molecule has 50 heavy (non-hydrogen) atoms. The van der Waals surface area contributed by atoms with Crippen LogP contribution in [0.2, 0.25) is 0 Å². The van der Waals surface area contributed by atoms with Gasteiger partial charge in [0.05, 0.1) is 19.6 Å². The molecular formula is C40H37NO8S. The molecule has 256 valence electrons. The average molecular weight is 692 g/mol. The minimum atomic E-state index is -1.26. The van der Waals surface area contributed by atoms with Crippen LogP contribution in [0.3, 0.4) is 0 Å². The number of ether oxygens (including phenoxy) is 2. The third-order valence-corrected chi connectivity index (χ3v) is 9.30. The number of benzene rings is 4. The summed E-state index contributed by atoms with van der Waals surface area (Å²) in [5.41, 5.74) is 6.99. The first-order valence-electron chi connectivity index (χ1n) is 15.9. The van der Waals surface area contributed by atoms with E-state index in [0.717, 1.165) is 5.56 Å². The maximum atomic E-state index is 12.6. The molecule has 0 saturated carbocycles. The van der Waals surface area contributed by atoms with Crippen molar-refractivity contribution in [2.75, 3.05) is 34.4 Å². The minimum Gasteiger partial charge on any atom is -0.493 e. The predicted octanol–water partition coefficient (Wildman–Crippen LogP) is 7.87. The van der Waals surface area contributed by atoms with Gasteiger partial charge in [-0.3, -0.25) is 4.79 Å². The Hall–Kier alpha value is -5.58. The van der Waals surface area contributed by atoms with Crippen molar-refractivity contribution in [3.05, 3.63) is 136 Å². The number of carboxylic acid groups (broad SMARTS) is 2. The summed E-state index contributed by atoms with van der Waals surface area (Å²) < 4.78 is 16.5. The zero-order valence-corrected chi connectivity index (χ0v) is 28.7. The summed E-state index contributed by atoms with van der Waals surface area (Å²) in [5.74, 6) is -1.40. The zero-order chi connectivity index (χ0) is 35.6. The Morgan fingerprint density at radius 1 is 0.760 bits per heavy atom. The van der Waals surface area contributed by atoms with E-state index in [-0.39, 0.29) is 11.2 Å². The fourth-order valence-corrected chi connectivity index (χ4v) is 6.84. The molecule has 0 unspecified atom stereocenters. The van der Waals surface area contributed by atoms with E-state index >= 15 is 0 Å². The number of likely N-dealkylation sites (tertiary alicyclic amines) is 1. The summed E-state index contributed by atoms with van der Waals surface area (Å²) in [5, 5.41) is 16.1. The molecule has 4 aromatic carbocycles. The van der Waals surface area contributed by atoms with Crippen LogP contribution < -0.4 is 14.9 Å². The second-order valence-corrected chi connectivity index (χ2v) is 12.5. The van der Waals surface area contributed by atoms with Crippen molar-refractivity contribution in [3.8, 4) is 22.8 Å². The van der Waals surface area contributed by atoms with E-state index in [2.05, 4.69) is 60.5 Å². The topological polar surface area (TPSA) is 127 Å². The van der Waals surface area contributed by atoms with E-state index in [1.165, 1.54) is 59.5 Å². The molecule has 3 heterocycles. The molecule has 1 saturated heterocycles. The maximum Gasteiger partial charge on any atom is 0.328 e. The fraction of sp³-hybridized carbons (Fsp3) is 0.175. The lowest BCUT2D eigenvalue weighted by Gasteiger charge is -2.30. The molecule has 7 rings (SSSR count). The first kappa shape index (κ1) is 35.7. The molecule has 0 aliphatic carbocycles. The van der Waals surface area contributed by atoms with Crippen molar-refractivity contribution >= 4 is 40.2 Å². The normalized spacial score (nSPS) is 13.7. The molecule has 0 bridgehead atoms. The van der Waals surface area contributed by atoms with E-state index in [1.807, 2.05) is 42.1 Å². The van der Waals surface area contributed by atoms with Crippen molar-refractivity contribution in [3.63, 3.8) is 0 Å². The third kappa shape index (κ3) is 8.34. The third-order valence-electron chi connectivity index (χ3n) is 8.15. The van der Waals surface area contributed by atoms with Crippen molar-refractivity contribution < 1.29 is 33.7 Å². The number of hydrogen-bond acceptors (Lipinski definition) is 8. The monoisotopic (exact) mass is 691 g/mol.